The lowest BCUT2D eigenvalue weighted by Gasteiger charge is -2.22. The van der Waals surface area contributed by atoms with Crippen LogP contribution in [0.2, 0.25) is 0 Å². The highest BCUT2D eigenvalue weighted by atomic mass is 16.3. The third-order valence-electron chi connectivity index (χ3n) is 3.03. The first-order valence-electron chi connectivity index (χ1n) is 6.12. The monoisotopic (exact) mass is 200 g/mol. The van der Waals surface area contributed by atoms with E-state index in [1.54, 1.807) is 0 Å². The van der Waals surface area contributed by atoms with E-state index in [-0.39, 0.29) is 5.41 Å². The summed E-state index contributed by atoms with van der Waals surface area (Å²) >= 11 is 0. The van der Waals surface area contributed by atoms with Gasteiger partial charge < -0.3 is 5.11 Å². The summed E-state index contributed by atoms with van der Waals surface area (Å²) in [6.07, 6.45) is 7.79. The summed E-state index contributed by atoms with van der Waals surface area (Å²) in [5, 5.41) is 9.10. The predicted octanol–water partition coefficient (Wildman–Crippen LogP) is 4.00. The Labute approximate surface area is 89.9 Å². The topological polar surface area (TPSA) is 20.2 Å². The average molecular weight is 200 g/mol. The van der Waals surface area contributed by atoms with E-state index in [0.717, 1.165) is 12.3 Å². The van der Waals surface area contributed by atoms with Gasteiger partial charge in [0.05, 0.1) is 0 Å². The maximum atomic E-state index is 9.10. The fraction of sp³-hybridized carbons (Fsp3) is 1.00. The Morgan fingerprint density at radius 1 is 1.14 bits per heavy atom. The molecule has 0 spiro atoms. The van der Waals surface area contributed by atoms with Crippen LogP contribution in [-0.4, -0.2) is 11.7 Å². The SMILES string of the molecule is CCCCC(C)CCCC(C)(C)CO. The van der Waals surface area contributed by atoms with Gasteiger partial charge in [-0.2, -0.15) is 0 Å². The third kappa shape index (κ3) is 7.37. The van der Waals surface area contributed by atoms with E-state index in [2.05, 4.69) is 27.7 Å². The molecular weight excluding hydrogens is 172 g/mol. The Balaban J connectivity index is 3.43. The fourth-order valence-corrected chi connectivity index (χ4v) is 1.71. The lowest BCUT2D eigenvalue weighted by molar-refractivity contribution is 0.145. The molecule has 1 N–H and O–H groups in total. The van der Waals surface area contributed by atoms with Crippen molar-refractivity contribution in [1.82, 2.24) is 0 Å². The molecule has 0 bridgehead atoms. The molecule has 0 fully saturated rings. The largest absolute Gasteiger partial charge is 0.396 e. The van der Waals surface area contributed by atoms with Gasteiger partial charge in [-0.1, -0.05) is 59.8 Å². The average Bonchev–Trinajstić information content (AvgIpc) is 2.14. The summed E-state index contributed by atoms with van der Waals surface area (Å²) in [7, 11) is 0. The Kier molecular flexibility index (Phi) is 7.26. The van der Waals surface area contributed by atoms with Gasteiger partial charge in [0.15, 0.2) is 0 Å². The number of aliphatic hydroxyl groups excluding tert-OH is 1. The van der Waals surface area contributed by atoms with Crippen molar-refractivity contribution in [2.24, 2.45) is 11.3 Å². The predicted molar refractivity (Wildman–Crippen MR) is 63.4 cm³/mol. The lowest BCUT2D eigenvalue weighted by Crippen LogP contribution is -2.16. The van der Waals surface area contributed by atoms with Gasteiger partial charge in [0.25, 0.3) is 0 Å². The fourth-order valence-electron chi connectivity index (χ4n) is 1.71. The van der Waals surface area contributed by atoms with Gasteiger partial charge in [0.1, 0.15) is 0 Å². The van der Waals surface area contributed by atoms with Gasteiger partial charge in [-0.25, -0.2) is 0 Å². The summed E-state index contributed by atoms with van der Waals surface area (Å²) in [6.45, 7) is 9.20. The van der Waals surface area contributed by atoms with E-state index in [0.29, 0.717) is 6.61 Å². The lowest BCUT2D eigenvalue weighted by atomic mass is 9.86. The molecule has 1 atom stereocenters. The highest BCUT2D eigenvalue weighted by molar-refractivity contribution is 4.67. The molecule has 0 radical (unpaired) electrons. The molecule has 0 amide bonds. The van der Waals surface area contributed by atoms with Crippen molar-refractivity contribution >= 4 is 0 Å². The van der Waals surface area contributed by atoms with E-state index >= 15 is 0 Å². The molecule has 0 saturated heterocycles. The zero-order valence-electron chi connectivity index (χ0n) is 10.5. The van der Waals surface area contributed by atoms with Crippen molar-refractivity contribution in [3.05, 3.63) is 0 Å². The standard InChI is InChI=1S/C13H28O/c1-5-6-8-12(2)9-7-10-13(3,4)11-14/h12,14H,5-11H2,1-4H3. The number of hydrogen-bond acceptors (Lipinski definition) is 1. The molecule has 1 heteroatoms. The molecule has 0 heterocycles. The van der Waals surface area contributed by atoms with E-state index < -0.39 is 0 Å². The molecule has 0 aliphatic carbocycles. The minimum atomic E-state index is 0.129. The summed E-state index contributed by atoms with van der Waals surface area (Å²) in [5.41, 5.74) is 0.129. The van der Waals surface area contributed by atoms with Crippen LogP contribution in [0.15, 0.2) is 0 Å². The number of rotatable bonds is 8. The highest BCUT2D eigenvalue weighted by Crippen LogP contribution is 2.24. The maximum absolute atomic E-state index is 9.10. The molecule has 86 valence electrons. The normalized spacial score (nSPS) is 14.4. The smallest absolute Gasteiger partial charge is 0.0482 e. The molecule has 0 aliphatic heterocycles. The summed E-state index contributed by atoms with van der Waals surface area (Å²) in [5.74, 6) is 0.865. The van der Waals surface area contributed by atoms with Gasteiger partial charge in [-0.15, -0.1) is 0 Å². The Bertz CT molecular complexity index is 129. The molecule has 1 unspecified atom stereocenters. The van der Waals surface area contributed by atoms with Crippen LogP contribution < -0.4 is 0 Å². The molecule has 14 heavy (non-hydrogen) atoms. The first-order chi connectivity index (χ1) is 6.52. The Morgan fingerprint density at radius 3 is 2.21 bits per heavy atom. The molecule has 0 aliphatic rings. The molecule has 0 saturated carbocycles. The van der Waals surface area contributed by atoms with E-state index in [9.17, 15) is 0 Å². The highest BCUT2D eigenvalue weighted by Gasteiger charge is 2.15. The second-order valence-electron chi connectivity index (χ2n) is 5.46. The minimum Gasteiger partial charge on any atom is -0.396 e. The van der Waals surface area contributed by atoms with E-state index in [1.165, 1.54) is 32.1 Å². The van der Waals surface area contributed by atoms with Crippen molar-refractivity contribution in [3.8, 4) is 0 Å². The molecular formula is C13H28O. The molecule has 0 rings (SSSR count). The first kappa shape index (κ1) is 14.0. The summed E-state index contributed by atoms with van der Waals surface area (Å²) in [6, 6.07) is 0. The van der Waals surface area contributed by atoms with Crippen LogP contribution in [0, 0.1) is 11.3 Å². The van der Waals surface area contributed by atoms with Crippen molar-refractivity contribution in [2.75, 3.05) is 6.61 Å². The Hall–Kier alpha value is -0.0400. The first-order valence-corrected chi connectivity index (χ1v) is 6.12. The summed E-state index contributed by atoms with van der Waals surface area (Å²) in [4.78, 5) is 0. The van der Waals surface area contributed by atoms with Crippen LogP contribution in [0.25, 0.3) is 0 Å². The van der Waals surface area contributed by atoms with Gasteiger partial charge >= 0.3 is 0 Å². The van der Waals surface area contributed by atoms with Crippen LogP contribution >= 0.6 is 0 Å². The quantitative estimate of drug-likeness (QED) is 0.628. The second kappa shape index (κ2) is 7.28. The van der Waals surface area contributed by atoms with Crippen LogP contribution in [0.5, 0.6) is 0 Å². The van der Waals surface area contributed by atoms with Crippen molar-refractivity contribution in [1.29, 1.82) is 0 Å². The van der Waals surface area contributed by atoms with E-state index in [4.69, 9.17) is 5.11 Å². The van der Waals surface area contributed by atoms with Crippen molar-refractivity contribution in [2.45, 2.75) is 66.2 Å². The van der Waals surface area contributed by atoms with Crippen LogP contribution in [0.4, 0.5) is 0 Å². The minimum absolute atomic E-state index is 0.129. The van der Waals surface area contributed by atoms with Gasteiger partial charge in [0, 0.05) is 6.61 Å². The van der Waals surface area contributed by atoms with Crippen LogP contribution in [0.3, 0.4) is 0 Å². The molecule has 0 aromatic heterocycles. The second-order valence-corrected chi connectivity index (χ2v) is 5.46. The van der Waals surface area contributed by atoms with Gasteiger partial charge in [-0.05, 0) is 17.8 Å². The molecule has 0 aromatic rings. The Morgan fingerprint density at radius 2 is 1.71 bits per heavy atom. The maximum Gasteiger partial charge on any atom is 0.0482 e. The van der Waals surface area contributed by atoms with Crippen LogP contribution in [-0.2, 0) is 0 Å². The third-order valence-corrected chi connectivity index (χ3v) is 3.03. The summed E-state index contributed by atoms with van der Waals surface area (Å²) < 4.78 is 0. The van der Waals surface area contributed by atoms with Crippen LogP contribution in [0.1, 0.15) is 66.2 Å². The number of unbranched alkanes of at least 4 members (excludes halogenated alkanes) is 1. The van der Waals surface area contributed by atoms with Crippen molar-refractivity contribution < 1.29 is 5.11 Å². The number of aliphatic hydroxyl groups is 1. The zero-order valence-corrected chi connectivity index (χ0v) is 10.5. The molecule has 0 aromatic carbocycles. The van der Waals surface area contributed by atoms with Gasteiger partial charge in [-0.3, -0.25) is 0 Å². The van der Waals surface area contributed by atoms with E-state index in [1.807, 2.05) is 0 Å². The van der Waals surface area contributed by atoms with Gasteiger partial charge in [0.2, 0.25) is 0 Å². The zero-order chi connectivity index (χ0) is 11.0. The number of hydrogen-bond donors (Lipinski definition) is 1. The molecule has 1 nitrogen and oxygen atoms in total. The van der Waals surface area contributed by atoms with Crippen molar-refractivity contribution in [3.63, 3.8) is 0 Å².